The van der Waals surface area contributed by atoms with Crippen LogP contribution in [0.3, 0.4) is 0 Å². The lowest BCUT2D eigenvalue weighted by atomic mass is 9.98. The summed E-state index contributed by atoms with van der Waals surface area (Å²) in [4.78, 5) is 29.5. The van der Waals surface area contributed by atoms with Crippen LogP contribution in [0.15, 0.2) is 47.8 Å². The van der Waals surface area contributed by atoms with Gasteiger partial charge in [0.05, 0.1) is 12.0 Å². The van der Waals surface area contributed by atoms with Crippen LogP contribution in [0.25, 0.3) is 10.8 Å². The Morgan fingerprint density at radius 2 is 1.86 bits per heavy atom. The molecule has 7 heteroatoms. The van der Waals surface area contributed by atoms with E-state index >= 15 is 0 Å². The molecule has 0 aliphatic carbocycles. The Balaban J connectivity index is 1.55. The zero-order valence-electron chi connectivity index (χ0n) is 16.1. The number of ether oxygens (including phenoxy) is 1. The molecule has 0 unspecified atom stereocenters. The molecule has 1 N–H and O–H groups in total. The van der Waals surface area contributed by atoms with Gasteiger partial charge in [0, 0.05) is 38.3 Å². The lowest BCUT2D eigenvalue weighted by Gasteiger charge is -2.35. The monoisotopic (exact) mass is 410 g/mol. The minimum atomic E-state index is -0.555. The number of piperazine rings is 1. The summed E-state index contributed by atoms with van der Waals surface area (Å²) in [7, 11) is 1.31. The Morgan fingerprint density at radius 3 is 2.55 bits per heavy atom. The van der Waals surface area contributed by atoms with Crippen molar-refractivity contribution in [1.82, 2.24) is 9.80 Å². The number of esters is 1. The lowest BCUT2D eigenvalue weighted by molar-refractivity contribution is 0.0592. The number of hydrogen-bond acceptors (Lipinski definition) is 6. The number of carbonyl (C=O) groups excluding carboxylic acids is 2. The molecule has 2 heterocycles. The molecule has 3 aromatic rings. The molecule has 1 aliphatic heterocycles. The molecular formula is C22H22N2O4S. The first kappa shape index (κ1) is 19.4. The van der Waals surface area contributed by atoms with E-state index in [0.717, 1.165) is 15.6 Å². The first-order chi connectivity index (χ1) is 14.1. The van der Waals surface area contributed by atoms with Crippen LogP contribution in [0.1, 0.15) is 25.6 Å². The Hall–Kier alpha value is -2.90. The predicted octanol–water partition coefficient (Wildman–Crippen LogP) is 3.35. The van der Waals surface area contributed by atoms with Crippen molar-refractivity contribution in [2.24, 2.45) is 0 Å². The maximum atomic E-state index is 12.5. The van der Waals surface area contributed by atoms with Crippen molar-refractivity contribution in [3.63, 3.8) is 0 Å². The Labute approximate surface area is 172 Å². The van der Waals surface area contributed by atoms with E-state index in [1.807, 2.05) is 46.7 Å². The second-order valence-corrected chi connectivity index (χ2v) is 7.96. The zero-order valence-corrected chi connectivity index (χ0v) is 16.9. The highest BCUT2D eigenvalue weighted by atomic mass is 32.1. The largest absolute Gasteiger partial charge is 0.507 e. The standard InChI is InChI=1S/C22H22N2O4S/c1-28-22(27)17-13-15-5-2-3-6-16(15)18(20(17)25)14-23-8-10-24(11-9-23)21(26)19-7-4-12-29-19/h2-7,12-13,25H,8-11,14H2,1H3. The second-order valence-electron chi connectivity index (χ2n) is 7.01. The van der Waals surface area contributed by atoms with Crippen LogP contribution in [-0.4, -0.2) is 60.1 Å². The van der Waals surface area contributed by atoms with Crippen LogP contribution in [-0.2, 0) is 11.3 Å². The molecule has 0 spiro atoms. The van der Waals surface area contributed by atoms with E-state index in [2.05, 4.69) is 4.90 Å². The minimum Gasteiger partial charge on any atom is -0.507 e. The maximum absolute atomic E-state index is 12.5. The van der Waals surface area contributed by atoms with Crippen molar-refractivity contribution in [3.05, 3.63) is 63.8 Å². The molecule has 1 fully saturated rings. The first-order valence-electron chi connectivity index (χ1n) is 9.45. The number of amides is 1. The number of thiophene rings is 1. The third kappa shape index (κ3) is 3.83. The van der Waals surface area contributed by atoms with Crippen LogP contribution in [0.2, 0.25) is 0 Å². The van der Waals surface area contributed by atoms with Gasteiger partial charge in [-0.2, -0.15) is 0 Å². The van der Waals surface area contributed by atoms with Gasteiger partial charge in [-0.05, 0) is 28.3 Å². The third-order valence-corrected chi connectivity index (χ3v) is 6.16. The van der Waals surface area contributed by atoms with Gasteiger partial charge in [-0.15, -0.1) is 11.3 Å². The van der Waals surface area contributed by atoms with Gasteiger partial charge in [-0.1, -0.05) is 30.3 Å². The SMILES string of the molecule is COC(=O)c1cc2ccccc2c(CN2CCN(C(=O)c3cccs3)CC2)c1O. The molecule has 4 rings (SSSR count). The zero-order chi connectivity index (χ0) is 20.4. The molecule has 150 valence electrons. The second kappa shape index (κ2) is 8.23. The molecule has 0 radical (unpaired) electrons. The van der Waals surface area contributed by atoms with Crippen LogP contribution >= 0.6 is 11.3 Å². The van der Waals surface area contributed by atoms with Crippen molar-refractivity contribution in [1.29, 1.82) is 0 Å². The molecule has 1 saturated heterocycles. The summed E-state index contributed by atoms with van der Waals surface area (Å²) < 4.78 is 4.83. The Morgan fingerprint density at radius 1 is 1.10 bits per heavy atom. The van der Waals surface area contributed by atoms with Crippen molar-refractivity contribution in [2.75, 3.05) is 33.3 Å². The fourth-order valence-corrected chi connectivity index (χ4v) is 4.42. The lowest BCUT2D eigenvalue weighted by Crippen LogP contribution is -2.48. The van der Waals surface area contributed by atoms with Gasteiger partial charge in [-0.25, -0.2) is 4.79 Å². The average molecular weight is 410 g/mol. The summed E-state index contributed by atoms with van der Waals surface area (Å²) in [6.45, 7) is 3.16. The number of methoxy groups -OCH3 is 1. The van der Waals surface area contributed by atoms with Gasteiger partial charge in [0.25, 0.3) is 5.91 Å². The topological polar surface area (TPSA) is 70.1 Å². The molecule has 2 aromatic carbocycles. The van der Waals surface area contributed by atoms with Crippen molar-refractivity contribution < 1.29 is 19.4 Å². The smallest absolute Gasteiger partial charge is 0.341 e. The Bertz CT molecular complexity index is 1040. The van der Waals surface area contributed by atoms with Crippen molar-refractivity contribution in [2.45, 2.75) is 6.54 Å². The number of benzene rings is 2. The van der Waals surface area contributed by atoms with E-state index in [-0.39, 0.29) is 17.2 Å². The summed E-state index contributed by atoms with van der Waals surface area (Å²) in [5, 5.41) is 14.5. The van der Waals surface area contributed by atoms with Crippen molar-refractivity contribution in [3.8, 4) is 5.75 Å². The maximum Gasteiger partial charge on any atom is 0.341 e. The van der Waals surface area contributed by atoms with E-state index in [0.29, 0.717) is 38.3 Å². The highest BCUT2D eigenvalue weighted by molar-refractivity contribution is 7.12. The van der Waals surface area contributed by atoms with Gasteiger partial charge in [0.15, 0.2) is 0 Å². The molecule has 0 saturated carbocycles. The van der Waals surface area contributed by atoms with Gasteiger partial charge in [-0.3, -0.25) is 9.69 Å². The van der Waals surface area contributed by atoms with Crippen LogP contribution < -0.4 is 0 Å². The normalized spacial score (nSPS) is 14.9. The number of aromatic hydroxyl groups is 1. The molecule has 1 amide bonds. The Kier molecular flexibility index (Phi) is 5.51. The minimum absolute atomic E-state index is 0.0346. The first-order valence-corrected chi connectivity index (χ1v) is 10.3. The number of rotatable bonds is 4. The van der Waals surface area contributed by atoms with Crippen LogP contribution in [0.4, 0.5) is 0 Å². The quantitative estimate of drug-likeness (QED) is 0.668. The summed E-state index contributed by atoms with van der Waals surface area (Å²) in [6.07, 6.45) is 0. The van der Waals surface area contributed by atoms with Gasteiger partial charge in [0.2, 0.25) is 0 Å². The van der Waals surface area contributed by atoms with E-state index in [1.54, 1.807) is 6.07 Å². The molecule has 6 nitrogen and oxygen atoms in total. The van der Waals surface area contributed by atoms with Crippen LogP contribution in [0.5, 0.6) is 5.75 Å². The van der Waals surface area contributed by atoms with E-state index in [9.17, 15) is 14.7 Å². The number of nitrogens with zero attached hydrogens (tertiary/aromatic N) is 2. The molecule has 1 aliphatic rings. The van der Waals surface area contributed by atoms with Gasteiger partial charge in [0.1, 0.15) is 11.3 Å². The predicted molar refractivity (Wildman–Crippen MR) is 112 cm³/mol. The molecule has 0 atom stereocenters. The number of fused-ring (bicyclic) bond motifs is 1. The number of phenols is 1. The number of carbonyl (C=O) groups is 2. The highest BCUT2D eigenvalue weighted by Crippen LogP contribution is 2.33. The summed E-state index contributed by atoms with van der Waals surface area (Å²) in [6, 6.07) is 13.1. The fourth-order valence-electron chi connectivity index (χ4n) is 3.73. The number of hydrogen-bond donors (Lipinski definition) is 1. The van der Waals surface area contributed by atoms with Gasteiger partial charge < -0.3 is 14.7 Å². The van der Waals surface area contributed by atoms with E-state index in [1.165, 1.54) is 18.4 Å². The molecule has 1 aromatic heterocycles. The average Bonchev–Trinajstić information content (AvgIpc) is 3.30. The summed E-state index contributed by atoms with van der Waals surface area (Å²) >= 11 is 1.46. The fraction of sp³-hybridized carbons (Fsp3) is 0.273. The summed E-state index contributed by atoms with van der Waals surface area (Å²) in [5.41, 5.74) is 0.884. The van der Waals surface area contributed by atoms with Gasteiger partial charge >= 0.3 is 5.97 Å². The molecular weight excluding hydrogens is 388 g/mol. The number of phenolic OH excluding ortho intramolecular Hbond substituents is 1. The van der Waals surface area contributed by atoms with E-state index in [4.69, 9.17) is 4.74 Å². The van der Waals surface area contributed by atoms with Crippen molar-refractivity contribution >= 4 is 34.0 Å². The highest BCUT2D eigenvalue weighted by Gasteiger charge is 2.25. The molecule has 29 heavy (non-hydrogen) atoms. The summed E-state index contributed by atoms with van der Waals surface area (Å²) in [5.74, 6) is -0.519. The van der Waals surface area contributed by atoms with Crippen LogP contribution in [0, 0.1) is 0 Å². The molecule has 0 bridgehead atoms. The van der Waals surface area contributed by atoms with E-state index < -0.39 is 5.97 Å². The third-order valence-electron chi connectivity index (χ3n) is 5.31.